The summed E-state index contributed by atoms with van der Waals surface area (Å²) in [6.45, 7) is 3.08. The molecule has 0 saturated carbocycles. The Hall–Kier alpha value is -0.960. The fraction of sp³-hybridized carbons (Fsp3) is 0.500. The molecule has 82 valence electrons. The lowest BCUT2D eigenvalue weighted by Crippen LogP contribution is -2.32. The number of hydrogen-bond donors (Lipinski definition) is 1. The van der Waals surface area contributed by atoms with Crippen molar-refractivity contribution in [3.05, 3.63) is 35.4 Å². The molecule has 1 aromatic carbocycles. The number of halogens is 2. The summed E-state index contributed by atoms with van der Waals surface area (Å²) in [6, 6.07) is 3.85. The van der Waals surface area contributed by atoms with E-state index in [1.54, 1.807) is 6.07 Å². The van der Waals surface area contributed by atoms with Crippen molar-refractivity contribution in [2.24, 2.45) is 5.92 Å². The normalized spacial score (nSPS) is 26.6. The lowest BCUT2D eigenvalue weighted by Gasteiger charge is -2.28. The third kappa shape index (κ3) is 2.34. The van der Waals surface area contributed by atoms with Crippen LogP contribution in [0.15, 0.2) is 18.2 Å². The van der Waals surface area contributed by atoms with Gasteiger partial charge >= 0.3 is 0 Å². The lowest BCUT2D eigenvalue weighted by atomic mass is 9.92. The average Bonchev–Trinajstić information content (AvgIpc) is 2.20. The van der Waals surface area contributed by atoms with Gasteiger partial charge < -0.3 is 5.32 Å². The maximum Gasteiger partial charge on any atom is 0.130 e. The molecule has 1 aromatic rings. The summed E-state index contributed by atoms with van der Waals surface area (Å²) in [6.07, 6.45) is 2.01. The zero-order valence-corrected chi connectivity index (χ0v) is 8.76. The van der Waals surface area contributed by atoms with Gasteiger partial charge in [-0.25, -0.2) is 8.78 Å². The topological polar surface area (TPSA) is 12.0 Å². The highest BCUT2D eigenvalue weighted by molar-refractivity contribution is 5.22. The molecule has 1 saturated heterocycles. The number of piperidine rings is 1. The molecular formula is C12H15F2N. The van der Waals surface area contributed by atoms with Crippen molar-refractivity contribution in [1.82, 2.24) is 5.32 Å². The first-order valence-electron chi connectivity index (χ1n) is 5.35. The van der Waals surface area contributed by atoms with E-state index in [2.05, 4.69) is 12.2 Å². The van der Waals surface area contributed by atoms with Crippen molar-refractivity contribution in [3.63, 3.8) is 0 Å². The van der Waals surface area contributed by atoms with Gasteiger partial charge in [0.2, 0.25) is 0 Å². The van der Waals surface area contributed by atoms with Crippen LogP contribution in [-0.2, 0) is 0 Å². The first-order chi connectivity index (χ1) is 7.16. The first-order valence-corrected chi connectivity index (χ1v) is 5.35. The van der Waals surface area contributed by atoms with Crippen LogP contribution < -0.4 is 5.32 Å². The first kappa shape index (κ1) is 10.6. The van der Waals surface area contributed by atoms with E-state index in [1.807, 2.05) is 0 Å². The van der Waals surface area contributed by atoms with Crippen molar-refractivity contribution in [1.29, 1.82) is 0 Å². The quantitative estimate of drug-likeness (QED) is 0.753. The van der Waals surface area contributed by atoms with Crippen LogP contribution in [0.25, 0.3) is 0 Å². The molecule has 1 N–H and O–H groups in total. The molecule has 0 aromatic heterocycles. The smallest absolute Gasteiger partial charge is 0.130 e. The van der Waals surface area contributed by atoms with E-state index in [1.165, 1.54) is 6.07 Å². The van der Waals surface area contributed by atoms with Crippen LogP contribution in [0.5, 0.6) is 0 Å². The summed E-state index contributed by atoms with van der Waals surface area (Å²) in [4.78, 5) is 0. The predicted molar refractivity (Wildman–Crippen MR) is 55.5 cm³/mol. The summed E-state index contributed by atoms with van der Waals surface area (Å²) in [7, 11) is 0. The van der Waals surface area contributed by atoms with Crippen molar-refractivity contribution >= 4 is 0 Å². The molecule has 1 nitrogen and oxygen atoms in total. The molecular weight excluding hydrogens is 196 g/mol. The van der Waals surface area contributed by atoms with E-state index in [4.69, 9.17) is 0 Å². The van der Waals surface area contributed by atoms with E-state index in [-0.39, 0.29) is 6.04 Å². The number of nitrogens with one attached hydrogen (secondary N) is 1. The standard InChI is InChI=1S/C12H15F2N/c1-8-2-5-12(15-7-8)10-4-3-9(13)6-11(10)14/h3-4,6,8,12,15H,2,5,7H2,1H3. The van der Waals surface area contributed by atoms with Crippen molar-refractivity contribution in [2.75, 3.05) is 6.54 Å². The Morgan fingerprint density at radius 1 is 1.27 bits per heavy atom. The minimum absolute atomic E-state index is 0.0433. The van der Waals surface area contributed by atoms with Gasteiger partial charge in [0, 0.05) is 17.7 Å². The molecule has 0 spiro atoms. The number of hydrogen-bond acceptors (Lipinski definition) is 1. The van der Waals surface area contributed by atoms with Crippen molar-refractivity contribution in [2.45, 2.75) is 25.8 Å². The summed E-state index contributed by atoms with van der Waals surface area (Å²) < 4.78 is 26.2. The Balaban J connectivity index is 2.15. The van der Waals surface area contributed by atoms with Gasteiger partial charge in [0.15, 0.2) is 0 Å². The van der Waals surface area contributed by atoms with Gasteiger partial charge in [-0.1, -0.05) is 13.0 Å². The van der Waals surface area contributed by atoms with Gasteiger partial charge in [-0.2, -0.15) is 0 Å². The van der Waals surface area contributed by atoms with Crippen molar-refractivity contribution < 1.29 is 8.78 Å². The minimum atomic E-state index is -0.513. The molecule has 2 atom stereocenters. The molecule has 0 amide bonds. The van der Waals surface area contributed by atoms with Gasteiger partial charge in [-0.05, 0) is 31.4 Å². The fourth-order valence-corrected chi connectivity index (χ4v) is 2.05. The van der Waals surface area contributed by atoms with Crippen LogP contribution in [0.1, 0.15) is 31.4 Å². The monoisotopic (exact) mass is 211 g/mol. The molecule has 1 aliphatic heterocycles. The second kappa shape index (κ2) is 4.27. The molecule has 1 heterocycles. The number of rotatable bonds is 1. The predicted octanol–water partition coefficient (Wildman–Crippen LogP) is 3.03. The Morgan fingerprint density at radius 2 is 2.07 bits per heavy atom. The molecule has 1 aliphatic rings. The summed E-state index contributed by atoms with van der Waals surface area (Å²) >= 11 is 0. The Kier molecular flexibility index (Phi) is 3.00. The van der Waals surface area contributed by atoms with Crippen LogP contribution in [0.3, 0.4) is 0 Å². The molecule has 2 unspecified atom stereocenters. The highest BCUT2D eigenvalue weighted by atomic mass is 19.1. The minimum Gasteiger partial charge on any atom is -0.310 e. The zero-order valence-electron chi connectivity index (χ0n) is 8.76. The van der Waals surface area contributed by atoms with Crippen LogP contribution in [0.2, 0.25) is 0 Å². The van der Waals surface area contributed by atoms with E-state index in [0.29, 0.717) is 11.5 Å². The second-order valence-corrected chi connectivity index (χ2v) is 4.31. The Morgan fingerprint density at radius 3 is 2.67 bits per heavy atom. The zero-order chi connectivity index (χ0) is 10.8. The highest BCUT2D eigenvalue weighted by Crippen LogP contribution is 2.27. The highest BCUT2D eigenvalue weighted by Gasteiger charge is 2.21. The molecule has 1 fully saturated rings. The van der Waals surface area contributed by atoms with E-state index in [0.717, 1.165) is 25.5 Å². The molecule has 3 heteroatoms. The molecule has 0 radical (unpaired) electrons. The van der Waals surface area contributed by atoms with Gasteiger partial charge in [-0.15, -0.1) is 0 Å². The molecule has 15 heavy (non-hydrogen) atoms. The molecule has 2 rings (SSSR count). The van der Waals surface area contributed by atoms with Crippen LogP contribution >= 0.6 is 0 Å². The van der Waals surface area contributed by atoms with Crippen LogP contribution in [0, 0.1) is 17.6 Å². The largest absolute Gasteiger partial charge is 0.310 e. The lowest BCUT2D eigenvalue weighted by molar-refractivity contribution is 0.326. The second-order valence-electron chi connectivity index (χ2n) is 4.31. The van der Waals surface area contributed by atoms with Gasteiger partial charge in [0.25, 0.3) is 0 Å². The van der Waals surface area contributed by atoms with E-state index < -0.39 is 11.6 Å². The molecule has 0 aliphatic carbocycles. The Labute approximate surface area is 88.5 Å². The van der Waals surface area contributed by atoms with E-state index in [9.17, 15) is 8.78 Å². The van der Waals surface area contributed by atoms with Crippen LogP contribution in [-0.4, -0.2) is 6.54 Å². The van der Waals surface area contributed by atoms with E-state index >= 15 is 0 Å². The van der Waals surface area contributed by atoms with Gasteiger partial charge in [0.05, 0.1) is 0 Å². The van der Waals surface area contributed by atoms with Gasteiger partial charge in [0.1, 0.15) is 11.6 Å². The average molecular weight is 211 g/mol. The summed E-state index contributed by atoms with van der Waals surface area (Å²) in [5.41, 5.74) is 0.586. The van der Waals surface area contributed by atoms with Crippen LogP contribution in [0.4, 0.5) is 8.78 Å². The molecule has 0 bridgehead atoms. The maximum atomic E-state index is 13.5. The SMILES string of the molecule is CC1CCC(c2ccc(F)cc2F)NC1. The van der Waals surface area contributed by atoms with Crippen molar-refractivity contribution in [3.8, 4) is 0 Å². The maximum absolute atomic E-state index is 13.5. The Bertz CT molecular complexity index is 343. The number of benzene rings is 1. The third-order valence-corrected chi connectivity index (χ3v) is 3.00. The fourth-order valence-electron chi connectivity index (χ4n) is 2.05. The third-order valence-electron chi connectivity index (χ3n) is 3.00. The summed E-state index contributed by atoms with van der Waals surface area (Å²) in [5.74, 6) is -0.313. The van der Waals surface area contributed by atoms with Gasteiger partial charge in [-0.3, -0.25) is 0 Å². The summed E-state index contributed by atoms with van der Waals surface area (Å²) in [5, 5.41) is 3.28.